The molecule has 0 N–H and O–H groups in total. The van der Waals surface area contributed by atoms with Gasteiger partial charge in [0.1, 0.15) is 0 Å². The second kappa shape index (κ2) is 9.13. The molecule has 5 heteroatoms. The largest absolute Gasteiger partial charge is 0.493 e. The van der Waals surface area contributed by atoms with E-state index >= 15 is 0 Å². The third-order valence-electron chi connectivity index (χ3n) is 4.32. The Balaban J connectivity index is 2.00. The van der Waals surface area contributed by atoms with Crippen LogP contribution in [0.4, 0.5) is 0 Å². The van der Waals surface area contributed by atoms with Crippen LogP contribution in [0.1, 0.15) is 23.1 Å². The lowest BCUT2D eigenvalue weighted by Gasteiger charge is -2.18. The molecule has 2 aromatic rings. The third kappa shape index (κ3) is 4.91. The number of aryl methyl sites for hydroxylation is 2. The van der Waals surface area contributed by atoms with Crippen molar-refractivity contribution in [3.8, 4) is 17.2 Å². The van der Waals surface area contributed by atoms with Gasteiger partial charge in [0.2, 0.25) is 11.7 Å². The summed E-state index contributed by atoms with van der Waals surface area (Å²) in [6, 6.07) is 12.0. The summed E-state index contributed by atoms with van der Waals surface area (Å²) in [6.45, 7) is 2.66. The minimum Gasteiger partial charge on any atom is -0.493 e. The second-order valence-electron chi connectivity index (χ2n) is 6.27. The molecule has 5 nitrogen and oxygen atoms in total. The maximum Gasteiger partial charge on any atom is 0.222 e. The van der Waals surface area contributed by atoms with Crippen LogP contribution in [0.25, 0.3) is 0 Å². The Morgan fingerprint density at radius 1 is 0.923 bits per heavy atom. The number of hydrogen-bond acceptors (Lipinski definition) is 4. The molecule has 0 unspecified atom stereocenters. The minimum absolute atomic E-state index is 0.0966. The van der Waals surface area contributed by atoms with Crippen molar-refractivity contribution in [3.05, 3.63) is 53.1 Å². The highest BCUT2D eigenvalue weighted by atomic mass is 16.5. The molecular formula is C21H27NO4. The molecule has 0 bridgehead atoms. The van der Waals surface area contributed by atoms with Gasteiger partial charge < -0.3 is 19.1 Å². The number of nitrogens with zero attached hydrogens (tertiary/aromatic N) is 1. The summed E-state index contributed by atoms with van der Waals surface area (Å²) in [4.78, 5) is 14.2. The van der Waals surface area contributed by atoms with E-state index in [0.717, 1.165) is 11.1 Å². The number of rotatable bonds is 8. The molecule has 2 aromatic carbocycles. The number of methoxy groups -OCH3 is 3. The van der Waals surface area contributed by atoms with Gasteiger partial charge in [-0.2, -0.15) is 0 Å². The molecule has 0 aromatic heterocycles. The van der Waals surface area contributed by atoms with Crippen molar-refractivity contribution in [1.82, 2.24) is 4.90 Å². The van der Waals surface area contributed by atoms with E-state index < -0.39 is 0 Å². The SMILES string of the molecule is COc1cc(CCC(=O)N(C)Cc2ccc(C)cc2)cc(OC)c1OC. The Kier molecular flexibility index (Phi) is 6.89. The zero-order valence-electron chi connectivity index (χ0n) is 16.2. The predicted molar refractivity (Wildman–Crippen MR) is 102 cm³/mol. The molecule has 2 rings (SSSR count). The number of carbonyl (C=O) groups is 1. The van der Waals surface area contributed by atoms with Gasteiger partial charge >= 0.3 is 0 Å². The number of hydrogen-bond donors (Lipinski definition) is 0. The van der Waals surface area contributed by atoms with Crippen molar-refractivity contribution in [3.63, 3.8) is 0 Å². The highest BCUT2D eigenvalue weighted by Gasteiger charge is 2.15. The molecule has 0 radical (unpaired) electrons. The summed E-state index contributed by atoms with van der Waals surface area (Å²) >= 11 is 0. The quantitative estimate of drug-likeness (QED) is 0.724. The zero-order chi connectivity index (χ0) is 19.1. The van der Waals surface area contributed by atoms with Crippen molar-refractivity contribution in [2.24, 2.45) is 0 Å². The van der Waals surface area contributed by atoms with Crippen LogP contribution < -0.4 is 14.2 Å². The minimum atomic E-state index is 0.0966. The van der Waals surface area contributed by atoms with Gasteiger partial charge in [-0.05, 0) is 36.6 Å². The van der Waals surface area contributed by atoms with E-state index in [2.05, 4.69) is 31.2 Å². The van der Waals surface area contributed by atoms with Crippen molar-refractivity contribution < 1.29 is 19.0 Å². The van der Waals surface area contributed by atoms with Crippen molar-refractivity contribution in [1.29, 1.82) is 0 Å². The van der Waals surface area contributed by atoms with Gasteiger partial charge in [0.05, 0.1) is 21.3 Å². The molecule has 140 valence electrons. The maximum atomic E-state index is 12.5. The first-order valence-electron chi connectivity index (χ1n) is 8.57. The lowest BCUT2D eigenvalue weighted by Crippen LogP contribution is -2.26. The van der Waals surface area contributed by atoms with Gasteiger partial charge in [-0.25, -0.2) is 0 Å². The van der Waals surface area contributed by atoms with Gasteiger partial charge in [-0.1, -0.05) is 29.8 Å². The van der Waals surface area contributed by atoms with Crippen LogP contribution in [0.5, 0.6) is 17.2 Å². The summed E-state index contributed by atoms with van der Waals surface area (Å²) in [6.07, 6.45) is 1.02. The molecule has 0 saturated carbocycles. The topological polar surface area (TPSA) is 48.0 Å². The molecule has 0 spiro atoms. The number of benzene rings is 2. The van der Waals surface area contributed by atoms with Crippen molar-refractivity contribution in [2.45, 2.75) is 26.3 Å². The molecule has 0 aliphatic carbocycles. The number of ether oxygens (including phenoxy) is 3. The van der Waals surface area contributed by atoms with E-state index in [1.165, 1.54) is 5.56 Å². The van der Waals surface area contributed by atoms with Gasteiger partial charge in [0, 0.05) is 20.0 Å². The molecular weight excluding hydrogens is 330 g/mol. The van der Waals surface area contributed by atoms with Gasteiger partial charge in [-0.15, -0.1) is 0 Å². The van der Waals surface area contributed by atoms with Gasteiger partial charge in [0.25, 0.3) is 0 Å². The van der Waals surface area contributed by atoms with Gasteiger partial charge in [0.15, 0.2) is 11.5 Å². The fourth-order valence-electron chi connectivity index (χ4n) is 2.78. The number of carbonyl (C=O) groups excluding carboxylic acids is 1. The van der Waals surface area contributed by atoms with Crippen molar-refractivity contribution >= 4 is 5.91 Å². The first-order chi connectivity index (χ1) is 12.5. The number of amides is 1. The summed E-state index contributed by atoms with van der Waals surface area (Å²) < 4.78 is 16.1. The maximum absolute atomic E-state index is 12.5. The molecule has 0 fully saturated rings. The van der Waals surface area contributed by atoms with Crippen LogP contribution >= 0.6 is 0 Å². The Hall–Kier alpha value is -2.69. The van der Waals surface area contributed by atoms with E-state index in [0.29, 0.717) is 36.6 Å². The van der Waals surface area contributed by atoms with E-state index in [-0.39, 0.29) is 5.91 Å². The second-order valence-corrected chi connectivity index (χ2v) is 6.27. The standard InChI is InChI=1S/C21H27NO4/c1-15-6-8-16(9-7-15)14-22(2)20(23)11-10-17-12-18(24-3)21(26-5)19(13-17)25-4/h6-9,12-13H,10-11,14H2,1-5H3. The first kappa shape index (κ1) is 19.6. The highest BCUT2D eigenvalue weighted by molar-refractivity contribution is 5.76. The highest BCUT2D eigenvalue weighted by Crippen LogP contribution is 2.38. The van der Waals surface area contributed by atoms with Crippen LogP contribution in [0.15, 0.2) is 36.4 Å². The van der Waals surface area contributed by atoms with Crippen LogP contribution in [-0.2, 0) is 17.8 Å². The molecule has 0 saturated heterocycles. The van der Waals surface area contributed by atoms with E-state index in [1.807, 2.05) is 19.2 Å². The fraction of sp³-hybridized carbons (Fsp3) is 0.381. The Morgan fingerprint density at radius 3 is 2.00 bits per heavy atom. The monoisotopic (exact) mass is 357 g/mol. The zero-order valence-corrected chi connectivity index (χ0v) is 16.2. The van der Waals surface area contributed by atoms with Crippen LogP contribution in [0, 0.1) is 6.92 Å². The molecule has 26 heavy (non-hydrogen) atoms. The van der Waals surface area contributed by atoms with Gasteiger partial charge in [-0.3, -0.25) is 4.79 Å². The smallest absolute Gasteiger partial charge is 0.222 e. The lowest BCUT2D eigenvalue weighted by atomic mass is 10.1. The third-order valence-corrected chi connectivity index (χ3v) is 4.32. The lowest BCUT2D eigenvalue weighted by molar-refractivity contribution is -0.130. The summed E-state index contributed by atoms with van der Waals surface area (Å²) in [7, 11) is 6.57. The van der Waals surface area contributed by atoms with E-state index in [1.54, 1.807) is 26.2 Å². The molecule has 0 aliphatic heterocycles. The Morgan fingerprint density at radius 2 is 1.50 bits per heavy atom. The van der Waals surface area contributed by atoms with Crippen LogP contribution in [-0.4, -0.2) is 39.2 Å². The Bertz CT molecular complexity index is 715. The molecule has 0 heterocycles. The summed E-state index contributed by atoms with van der Waals surface area (Å²) in [5.41, 5.74) is 3.31. The first-order valence-corrected chi connectivity index (χ1v) is 8.57. The van der Waals surface area contributed by atoms with Crippen LogP contribution in [0.3, 0.4) is 0 Å². The summed E-state index contributed by atoms with van der Waals surface area (Å²) in [5, 5.41) is 0. The van der Waals surface area contributed by atoms with Crippen molar-refractivity contribution in [2.75, 3.05) is 28.4 Å². The fourth-order valence-corrected chi connectivity index (χ4v) is 2.78. The predicted octanol–water partition coefficient (Wildman–Crippen LogP) is 3.61. The normalized spacial score (nSPS) is 10.3. The van der Waals surface area contributed by atoms with E-state index in [9.17, 15) is 4.79 Å². The average molecular weight is 357 g/mol. The van der Waals surface area contributed by atoms with Crippen LogP contribution in [0.2, 0.25) is 0 Å². The Labute approximate surface area is 155 Å². The summed E-state index contributed by atoms with van der Waals surface area (Å²) in [5.74, 6) is 1.85. The van der Waals surface area contributed by atoms with E-state index in [4.69, 9.17) is 14.2 Å². The molecule has 0 aliphatic rings. The molecule has 1 amide bonds. The average Bonchev–Trinajstić information content (AvgIpc) is 2.66. The molecule has 0 atom stereocenters.